The van der Waals surface area contributed by atoms with Crippen molar-refractivity contribution in [2.24, 2.45) is 5.92 Å². The van der Waals surface area contributed by atoms with Gasteiger partial charge >= 0.3 is 0 Å². The first-order valence-electron chi connectivity index (χ1n) is 9.53. The molecule has 3 atom stereocenters. The standard InChI is InChI=1S/C21H35NO/c1-6-9-17-14-16-11-12-18(23-5)15-20(16)19(10-7-2)21(17)22(4)13-8-3/h11-12,15,17,19,21H,6-10,13-14H2,1-5H3/t17-,19+,21-/m0/s1. The van der Waals surface area contributed by atoms with E-state index >= 15 is 0 Å². The maximum atomic E-state index is 5.51. The summed E-state index contributed by atoms with van der Waals surface area (Å²) in [7, 11) is 4.12. The Morgan fingerprint density at radius 3 is 2.43 bits per heavy atom. The molecule has 2 rings (SSSR count). The number of nitrogens with zero attached hydrogens (tertiary/aromatic N) is 1. The van der Waals surface area contributed by atoms with Crippen LogP contribution in [0.5, 0.6) is 5.75 Å². The third-order valence-corrected chi connectivity index (χ3v) is 5.47. The number of methoxy groups -OCH3 is 1. The first-order valence-corrected chi connectivity index (χ1v) is 9.53. The van der Waals surface area contributed by atoms with Gasteiger partial charge in [0.1, 0.15) is 5.75 Å². The maximum Gasteiger partial charge on any atom is 0.119 e. The highest BCUT2D eigenvalue weighted by atomic mass is 16.5. The Bertz CT molecular complexity index is 485. The van der Waals surface area contributed by atoms with Crippen molar-refractivity contribution in [2.75, 3.05) is 20.7 Å². The van der Waals surface area contributed by atoms with Crippen LogP contribution in [0.15, 0.2) is 18.2 Å². The van der Waals surface area contributed by atoms with Gasteiger partial charge in [-0.05, 0) is 68.5 Å². The quantitative estimate of drug-likeness (QED) is 0.648. The Balaban J connectivity index is 2.42. The van der Waals surface area contributed by atoms with E-state index in [4.69, 9.17) is 4.74 Å². The Hall–Kier alpha value is -1.02. The molecule has 0 N–H and O–H groups in total. The molecule has 0 fully saturated rings. The predicted octanol–water partition coefficient (Wildman–Crippen LogP) is 5.26. The van der Waals surface area contributed by atoms with Crippen LogP contribution in [0.4, 0.5) is 0 Å². The highest BCUT2D eigenvalue weighted by molar-refractivity contribution is 5.41. The van der Waals surface area contributed by atoms with Crippen LogP contribution in [-0.2, 0) is 6.42 Å². The van der Waals surface area contributed by atoms with E-state index in [9.17, 15) is 0 Å². The zero-order valence-electron chi connectivity index (χ0n) is 15.8. The van der Waals surface area contributed by atoms with Crippen molar-refractivity contribution in [2.45, 2.75) is 71.3 Å². The largest absolute Gasteiger partial charge is 0.497 e. The van der Waals surface area contributed by atoms with Crippen molar-refractivity contribution in [3.8, 4) is 5.75 Å². The van der Waals surface area contributed by atoms with Crippen LogP contribution in [0, 0.1) is 5.92 Å². The van der Waals surface area contributed by atoms with E-state index < -0.39 is 0 Å². The first kappa shape index (κ1) is 18.3. The van der Waals surface area contributed by atoms with Gasteiger partial charge in [0.15, 0.2) is 0 Å². The van der Waals surface area contributed by atoms with E-state index in [1.165, 1.54) is 45.1 Å². The molecule has 1 aromatic rings. The minimum absolute atomic E-state index is 0.645. The zero-order chi connectivity index (χ0) is 16.8. The van der Waals surface area contributed by atoms with E-state index in [1.807, 2.05) is 0 Å². The molecule has 0 spiro atoms. The van der Waals surface area contributed by atoms with Crippen LogP contribution in [0.1, 0.15) is 69.9 Å². The fraction of sp³-hybridized carbons (Fsp3) is 0.714. The topological polar surface area (TPSA) is 12.5 Å². The van der Waals surface area contributed by atoms with Crippen molar-refractivity contribution in [3.63, 3.8) is 0 Å². The molecule has 0 heterocycles. The van der Waals surface area contributed by atoms with Gasteiger partial charge in [0.25, 0.3) is 0 Å². The maximum absolute atomic E-state index is 5.51. The molecule has 1 aromatic carbocycles. The Labute approximate surface area is 143 Å². The normalized spacial score (nSPS) is 23.8. The molecule has 0 bridgehead atoms. The minimum Gasteiger partial charge on any atom is -0.497 e. The van der Waals surface area contributed by atoms with Crippen LogP contribution in [0.2, 0.25) is 0 Å². The lowest BCUT2D eigenvalue weighted by Crippen LogP contribution is -2.46. The summed E-state index contributed by atoms with van der Waals surface area (Å²) < 4.78 is 5.51. The van der Waals surface area contributed by atoms with Gasteiger partial charge in [-0.15, -0.1) is 0 Å². The monoisotopic (exact) mass is 317 g/mol. The molecule has 2 nitrogen and oxygen atoms in total. The van der Waals surface area contributed by atoms with Crippen molar-refractivity contribution < 1.29 is 4.74 Å². The van der Waals surface area contributed by atoms with E-state index in [0.29, 0.717) is 12.0 Å². The first-order chi connectivity index (χ1) is 11.2. The highest BCUT2D eigenvalue weighted by Gasteiger charge is 2.37. The predicted molar refractivity (Wildman–Crippen MR) is 99.5 cm³/mol. The van der Waals surface area contributed by atoms with E-state index in [0.717, 1.165) is 11.7 Å². The van der Waals surface area contributed by atoms with Gasteiger partial charge in [-0.3, -0.25) is 0 Å². The molecule has 0 unspecified atom stereocenters. The zero-order valence-corrected chi connectivity index (χ0v) is 15.8. The Morgan fingerprint density at radius 2 is 1.83 bits per heavy atom. The van der Waals surface area contributed by atoms with Crippen molar-refractivity contribution in [3.05, 3.63) is 29.3 Å². The molecule has 0 aliphatic heterocycles. The average molecular weight is 318 g/mol. The van der Waals surface area contributed by atoms with Gasteiger partial charge in [-0.2, -0.15) is 0 Å². The second kappa shape index (κ2) is 8.73. The van der Waals surface area contributed by atoms with Gasteiger partial charge in [-0.1, -0.05) is 39.7 Å². The van der Waals surface area contributed by atoms with Crippen molar-refractivity contribution in [1.29, 1.82) is 0 Å². The van der Waals surface area contributed by atoms with Gasteiger partial charge < -0.3 is 9.64 Å². The van der Waals surface area contributed by atoms with Gasteiger partial charge in [0, 0.05) is 12.0 Å². The molecular formula is C21H35NO. The molecule has 1 aliphatic carbocycles. The number of hydrogen-bond acceptors (Lipinski definition) is 2. The SMILES string of the molecule is CCC[C@H]1Cc2ccc(OC)cc2[C@@H](CCC)[C@H]1N(C)CCC. The lowest BCUT2D eigenvalue weighted by molar-refractivity contribution is 0.123. The molecule has 2 heteroatoms. The van der Waals surface area contributed by atoms with Gasteiger partial charge in [-0.25, -0.2) is 0 Å². The number of fused-ring (bicyclic) bond motifs is 1. The van der Waals surface area contributed by atoms with Crippen LogP contribution in [0.25, 0.3) is 0 Å². The van der Waals surface area contributed by atoms with Crippen LogP contribution in [0.3, 0.4) is 0 Å². The Morgan fingerprint density at radius 1 is 1.09 bits per heavy atom. The molecule has 130 valence electrons. The molecule has 0 radical (unpaired) electrons. The van der Waals surface area contributed by atoms with E-state index in [1.54, 1.807) is 18.2 Å². The highest BCUT2D eigenvalue weighted by Crippen LogP contribution is 2.43. The molecular weight excluding hydrogens is 282 g/mol. The number of rotatable bonds is 8. The van der Waals surface area contributed by atoms with Crippen molar-refractivity contribution in [1.82, 2.24) is 4.90 Å². The van der Waals surface area contributed by atoms with Crippen LogP contribution in [-0.4, -0.2) is 31.6 Å². The van der Waals surface area contributed by atoms with Crippen LogP contribution >= 0.6 is 0 Å². The molecule has 0 saturated carbocycles. The summed E-state index contributed by atoms with van der Waals surface area (Å²) in [6.07, 6.45) is 7.60. The Kier molecular flexibility index (Phi) is 6.95. The molecule has 23 heavy (non-hydrogen) atoms. The fourth-order valence-corrected chi connectivity index (χ4v) is 4.60. The third-order valence-electron chi connectivity index (χ3n) is 5.47. The molecule has 0 aromatic heterocycles. The average Bonchev–Trinajstić information content (AvgIpc) is 2.55. The second-order valence-electron chi connectivity index (χ2n) is 7.18. The summed E-state index contributed by atoms with van der Waals surface area (Å²) in [4.78, 5) is 2.64. The molecule has 0 saturated heterocycles. The lowest BCUT2D eigenvalue weighted by Gasteiger charge is -2.45. The summed E-state index contributed by atoms with van der Waals surface area (Å²) in [5.41, 5.74) is 3.11. The fourth-order valence-electron chi connectivity index (χ4n) is 4.60. The summed E-state index contributed by atoms with van der Waals surface area (Å²) in [6, 6.07) is 7.44. The molecule has 0 amide bonds. The molecule has 1 aliphatic rings. The number of hydrogen-bond donors (Lipinski definition) is 0. The number of benzene rings is 1. The van der Waals surface area contributed by atoms with E-state index in [-0.39, 0.29) is 0 Å². The lowest BCUT2D eigenvalue weighted by atomic mass is 9.69. The second-order valence-corrected chi connectivity index (χ2v) is 7.18. The van der Waals surface area contributed by atoms with Gasteiger partial charge in [0.05, 0.1) is 7.11 Å². The number of ether oxygens (including phenoxy) is 1. The third kappa shape index (κ3) is 4.09. The summed E-state index contributed by atoms with van der Waals surface area (Å²) in [5, 5.41) is 0. The van der Waals surface area contributed by atoms with Crippen LogP contribution < -0.4 is 4.74 Å². The minimum atomic E-state index is 0.645. The smallest absolute Gasteiger partial charge is 0.119 e. The van der Waals surface area contributed by atoms with E-state index in [2.05, 4.69) is 50.9 Å². The summed E-state index contributed by atoms with van der Waals surface area (Å²) in [5.74, 6) is 2.44. The summed E-state index contributed by atoms with van der Waals surface area (Å²) >= 11 is 0. The summed E-state index contributed by atoms with van der Waals surface area (Å²) in [6.45, 7) is 8.14. The van der Waals surface area contributed by atoms with Gasteiger partial charge in [0.2, 0.25) is 0 Å². The number of likely N-dealkylation sites (N-methyl/N-ethyl adjacent to an activating group) is 1. The van der Waals surface area contributed by atoms with Crippen molar-refractivity contribution >= 4 is 0 Å².